The zero-order valence-corrected chi connectivity index (χ0v) is 22.0. The molecule has 3 atom stereocenters. The van der Waals surface area contributed by atoms with Crippen molar-refractivity contribution in [3.05, 3.63) is 80.6 Å². The van der Waals surface area contributed by atoms with E-state index in [2.05, 4.69) is 20.4 Å². The molecule has 0 fully saturated rings. The van der Waals surface area contributed by atoms with Gasteiger partial charge < -0.3 is 15.0 Å². The average molecular weight is 618 g/mol. The van der Waals surface area contributed by atoms with Crippen LogP contribution in [0.15, 0.2) is 52.6 Å². The maximum Gasteiger partial charge on any atom is 0.423 e. The van der Waals surface area contributed by atoms with Crippen LogP contribution in [0.25, 0.3) is 22.2 Å². The summed E-state index contributed by atoms with van der Waals surface area (Å²) in [6.07, 6.45) is -11.4. The Hall–Kier alpha value is -4.41. The first-order chi connectivity index (χ1) is 20.0. The van der Waals surface area contributed by atoms with Crippen LogP contribution < -0.4 is 16.4 Å². The van der Waals surface area contributed by atoms with E-state index in [1.165, 1.54) is 25.3 Å². The van der Waals surface area contributed by atoms with Crippen LogP contribution in [0.3, 0.4) is 0 Å². The summed E-state index contributed by atoms with van der Waals surface area (Å²) >= 11 is 0. The second-order valence-corrected chi connectivity index (χ2v) is 9.73. The van der Waals surface area contributed by atoms with Gasteiger partial charge in [0.25, 0.3) is 11.1 Å². The van der Waals surface area contributed by atoms with Crippen molar-refractivity contribution in [2.45, 2.75) is 57.0 Å². The molecule has 230 valence electrons. The number of rotatable bonds is 9. The Morgan fingerprint density at radius 1 is 1.07 bits per heavy atom. The number of aliphatic hydroxyl groups excluding tert-OH is 1. The Morgan fingerprint density at radius 3 is 2.37 bits per heavy atom. The number of aromatic amines is 1. The van der Waals surface area contributed by atoms with Gasteiger partial charge in [0.1, 0.15) is 17.6 Å². The fourth-order valence-electron chi connectivity index (χ4n) is 4.34. The quantitative estimate of drug-likeness (QED) is 0.238. The molecule has 43 heavy (non-hydrogen) atoms. The van der Waals surface area contributed by atoms with Crippen LogP contribution in [-0.2, 0) is 19.1 Å². The number of anilines is 1. The number of aromatic nitrogens is 5. The first-order valence-corrected chi connectivity index (χ1v) is 12.5. The van der Waals surface area contributed by atoms with E-state index in [4.69, 9.17) is 0 Å². The number of fused-ring (bicyclic) bond motifs is 1. The van der Waals surface area contributed by atoms with Gasteiger partial charge in [-0.25, -0.2) is 23.8 Å². The maximum absolute atomic E-state index is 15.0. The first kappa shape index (κ1) is 31.5. The molecule has 9 nitrogen and oxygen atoms in total. The predicted molar refractivity (Wildman–Crippen MR) is 137 cm³/mol. The van der Waals surface area contributed by atoms with Gasteiger partial charge in [-0.2, -0.15) is 31.4 Å². The zero-order valence-electron chi connectivity index (χ0n) is 22.0. The second-order valence-electron chi connectivity index (χ2n) is 9.73. The lowest BCUT2D eigenvalue weighted by Crippen LogP contribution is -2.30. The molecule has 0 radical (unpaired) electrons. The molecule has 0 aliphatic heterocycles. The average Bonchev–Trinajstić information content (AvgIpc) is 2.89. The van der Waals surface area contributed by atoms with Gasteiger partial charge in [0.05, 0.1) is 29.4 Å². The van der Waals surface area contributed by atoms with Crippen LogP contribution >= 0.6 is 0 Å². The van der Waals surface area contributed by atoms with Crippen LogP contribution in [0, 0.1) is 5.82 Å². The molecule has 0 amide bonds. The minimum absolute atomic E-state index is 0.0437. The third-order valence-electron chi connectivity index (χ3n) is 6.36. The SMILES string of the molecule is C[C@@H](C[C@@H](F)Cn1ccc2cc(-c3ncc(C[C@@H](O)C(F)(F)F)cn3)c(F)cc2c1=O)Nc1cn[nH]c(=O)c1C(F)(F)F. The number of aliphatic hydroxyl groups is 1. The number of hydrogen-bond donors (Lipinski definition) is 3. The molecule has 3 heterocycles. The van der Waals surface area contributed by atoms with E-state index in [0.29, 0.717) is 0 Å². The Balaban J connectivity index is 1.48. The van der Waals surface area contributed by atoms with E-state index in [9.17, 15) is 49.8 Å². The molecule has 4 aromatic rings. The Kier molecular flexibility index (Phi) is 8.84. The zero-order chi connectivity index (χ0) is 31.7. The van der Waals surface area contributed by atoms with Crippen molar-refractivity contribution in [3.8, 4) is 11.4 Å². The molecule has 0 aliphatic carbocycles. The number of nitrogens with one attached hydrogen (secondary N) is 2. The van der Waals surface area contributed by atoms with Gasteiger partial charge in [0.15, 0.2) is 11.9 Å². The summed E-state index contributed by atoms with van der Waals surface area (Å²) < 4.78 is 108. The molecule has 0 spiro atoms. The molecule has 4 rings (SSSR count). The highest BCUT2D eigenvalue weighted by atomic mass is 19.4. The van der Waals surface area contributed by atoms with Crippen molar-refractivity contribution in [3.63, 3.8) is 0 Å². The summed E-state index contributed by atoms with van der Waals surface area (Å²) in [6, 6.07) is 2.59. The number of alkyl halides is 7. The van der Waals surface area contributed by atoms with Crippen molar-refractivity contribution < 1.29 is 40.2 Å². The normalized spacial score (nSPS) is 14.5. The molecule has 3 N–H and O–H groups in total. The van der Waals surface area contributed by atoms with Gasteiger partial charge in [-0.05, 0) is 36.1 Å². The summed E-state index contributed by atoms with van der Waals surface area (Å²) in [5.74, 6) is -1.13. The topological polar surface area (TPSA) is 126 Å². The van der Waals surface area contributed by atoms with Crippen molar-refractivity contribution >= 4 is 16.5 Å². The first-order valence-electron chi connectivity index (χ1n) is 12.5. The van der Waals surface area contributed by atoms with Gasteiger partial charge in [-0.1, -0.05) is 0 Å². The molecule has 17 heteroatoms. The molecule has 1 aromatic carbocycles. The highest BCUT2D eigenvalue weighted by Crippen LogP contribution is 2.32. The van der Waals surface area contributed by atoms with Crippen molar-refractivity contribution in [1.82, 2.24) is 24.7 Å². The van der Waals surface area contributed by atoms with Crippen LogP contribution in [0.1, 0.15) is 24.5 Å². The monoisotopic (exact) mass is 618 g/mol. The van der Waals surface area contributed by atoms with Crippen LogP contribution in [0.5, 0.6) is 0 Å². The summed E-state index contributed by atoms with van der Waals surface area (Å²) in [5, 5.41) is 16.7. The van der Waals surface area contributed by atoms with Crippen LogP contribution in [0.4, 0.5) is 40.8 Å². The standard InChI is InChI=1S/C26H22F8N6O3/c1-12(38-19-10-37-39-23(42)21(19)26(32,33)34)4-15(27)11-40-3-2-14-6-17(18(28)7-16(14)24(40)43)22-35-8-13(9-36-22)5-20(41)25(29,30)31/h2-3,6-10,12,15,20,41H,4-5,11H2,1H3,(H2,38,39,42)/t12-,15+,20+/m0/s1. The molecule has 3 aromatic heterocycles. The fourth-order valence-corrected chi connectivity index (χ4v) is 4.34. The predicted octanol–water partition coefficient (Wildman–Crippen LogP) is 4.39. The van der Waals surface area contributed by atoms with E-state index < -0.39 is 71.8 Å². The number of halogens is 8. The number of benzene rings is 1. The lowest BCUT2D eigenvalue weighted by Gasteiger charge is -2.20. The van der Waals surface area contributed by atoms with Gasteiger partial charge in [-0.3, -0.25) is 9.59 Å². The highest BCUT2D eigenvalue weighted by molar-refractivity contribution is 5.86. The minimum atomic E-state index is -4.99. The number of nitrogens with zero attached hydrogens (tertiary/aromatic N) is 4. The molecule has 0 bridgehead atoms. The fraction of sp³-hybridized carbons (Fsp3) is 0.346. The van der Waals surface area contributed by atoms with Gasteiger partial charge in [-0.15, -0.1) is 0 Å². The maximum atomic E-state index is 15.0. The highest BCUT2D eigenvalue weighted by Gasteiger charge is 2.38. The Morgan fingerprint density at radius 2 is 1.74 bits per heavy atom. The molecule has 0 unspecified atom stereocenters. The van der Waals surface area contributed by atoms with E-state index in [-0.39, 0.29) is 34.1 Å². The smallest absolute Gasteiger partial charge is 0.383 e. The number of pyridine rings is 1. The Bertz CT molecular complexity index is 1720. The van der Waals surface area contributed by atoms with E-state index in [0.717, 1.165) is 29.2 Å². The molecular formula is C26H22F8N6O3. The number of hydrogen-bond acceptors (Lipinski definition) is 7. The van der Waals surface area contributed by atoms with E-state index >= 15 is 0 Å². The van der Waals surface area contributed by atoms with E-state index in [1.807, 2.05) is 0 Å². The van der Waals surface area contributed by atoms with Gasteiger partial charge in [0.2, 0.25) is 0 Å². The summed E-state index contributed by atoms with van der Waals surface area (Å²) in [6.45, 7) is 0.860. The van der Waals surface area contributed by atoms with Crippen LogP contribution in [-0.4, -0.2) is 54.3 Å². The van der Waals surface area contributed by atoms with Crippen LogP contribution in [0.2, 0.25) is 0 Å². The van der Waals surface area contributed by atoms with Crippen molar-refractivity contribution in [2.75, 3.05) is 5.32 Å². The van der Waals surface area contributed by atoms with Gasteiger partial charge in [0, 0.05) is 37.5 Å². The van der Waals surface area contributed by atoms with Crippen molar-refractivity contribution in [1.29, 1.82) is 0 Å². The summed E-state index contributed by atoms with van der Waals surface area (Å²) in [5.41, 5.74) is -4.59. The van der Waals surface area contributed by atoms with Gasteiger partial charge >= 0.3 is 12.4 Å². The third kappa shape index (κ3) is 7.33. The largest absolute Gasteiger partial charge is 0.423 e. The minimum Gasteiger partial charge on any atom is -0.383 e. The third-order valence-corrected chi connectivity index (χ3v) is 6.36. The van der Waals surface area contributed by atoms with Crippen molar-refractivity contribution in [2.24, 2.45) is 0 Å². The second kappa shape index (κ2) is 12.1. The molecule has 0 aliphatic rings. The number of H-pyrrole nitrogens is 1. The summed E-state index contributed by atoms with van der Waals surface area (Å²) in [4.78, 5) is 32.3. The molecular weight excluding hydrogens is 596 g/mol. The lowest BCUT2D eigenvalue weighted by atomic mass is 10.1. The van der Waals surface area contributed by atoms with E-state index in [1.54, 1.807) is 5.10 Å². The lowest BCUT2D eigenvalue weighted by molar-refractivity contribution is -0.203. The molecule has 0 saturated carbocycles. The summed E-state index contributed by atoms with van der Waals surface area (Å²) in [7, 11) is 0. The molecule has 0 saturated heterocycles. The Labute approximate surface area is 236 Å².